The molecule has 152 valence electrons. The van der Waals surface area contributed by atoms with Gasteiger partial charge in [-0.3, -0.25) is 4.79 Å². The first kappa shape index (κ1) is 20.8. The normalized spacial score (nSPS) is 15.0. The van der Waals surface area contributed by atoms with Gasteiger partial charge in [0.1, 0.15) is 11.4 Å². The molecular weight excluding hydrogens is 389 g/mol. The van der Waals surface area contributed by atoms with Crippen molar-refractivity contribution in [1.82, 2.24) is 9.47 Å². The van der Waals surface area contributed by atoms with Gasteiger partial charge in [-0.05, 0) is 42.0 Å². The predicted octanol–water partition coefficient (Wildman–Crippen LogP) is 6.28. The van der Waals surface area contributed by atoms with Crippen molar-refractivity contribution in [1.29, 1.82) is 0 Å². The maximum atomic E-state index is 13.8. The van der Waals surface area contributed by atoms with Crippen molar-refractivity contribution in [3.63, 3.8) is 0 Å². The number of hydrogen-bond donors (Lipinski definition) is 0. The fourth-order valence-corrected chi connectivity index (χ4v) is 3.61. The Morgan fingerprint density at radius 2 is 1.75 bits per heavy atom. The van der Waals surface area contributed by atoms with Gasteiger partial charge in [0.05, 0.1) is 0 Å². The van der Waals surface area contributed by atoms with Gasteiger partial charge < -0.3 is 9.47 Å². The number of nitrogens with zero attached hydrogens (tertiary/aromatic N) is 2. The third-order valence-corrected chi connectivity index (χ3v) is 4.91. The van der Waals surface area contributed by atoms with Crippen LogP contribution in [0.1, 0.15) is 55.8 Å². The minimum Gasteiger partial charge on any atom is -0.340 e. The lowest BCUT2D eigenvalue weighted by Crippen LogP contribution is -2.36. The summed E-state index contributed by atoms with van der Waals surface area (Å²) in [6.45, 7) is 6.39. The number of carbonyl (C=O) groups excluding carboxylic acids is 1. The summed E-state index contributed by atoms with van der Waals surface area (Å²) in [6.07, 6.45) is -3.26. The van der Waals surface area contributed by atoms with Crippen LogP contribution in [0, 0.1) is 5.41 Å². The van der Waals surface area contributed by atoms with Crippen molar-refractivity contribution >= 4 is 17.5 Å². The predicted molar refractivity (Wildman–Crippen MR) is 105 cm³/mol. The lowest BCUT2D eigenvalue weighted by atomic mass is 9.96. The minimum atomic E-state index is -4.54. The van der Waals surface area contributed by atoms with Gasteiger partial charge >= 0.3 is 6.18 Å². The standard InChI is InChI=1S/C21H24ClF3N2O/c1-20(2,3)12-26(4)19(28)18-16(13-5-7-14(22)8-6-13)11-17(21(23,24)25)27(18)15-9-10-15/h5-8,11,15H,9-10,12H2,1-4H3. The van der Waals surface area contributed by atoms with Crippen LogP contribution in [-0.2, 0) is 6.18 Å². The molecule has 3 rings (SSSR count). The molecule has 1 aromatic heterocycles. The zero-order valence-corrected chi connectivity index (χ0v) is 17.2. The second-order valence-electron chi connectivity index (χ2n) is 8.62. The molecule has 1 aliphatic rings. The number of halogens is 4. The summed E-state index contributed by atoms with van der Waals surface area (Å²) in [7, 11) is 1.64. The number of benzene rings is 1. The van der Waals surface area contributed by atoms with E-state index in [0.29, 0.717) is 35.5 Å². The van der Waals surface area contributed by atoms with Gasteiger partial charge in [-0.15, -0.1) is 0 Å². The number of aromatic nitrogens is 1. The number of hydrogen-bond acceptors (Lipinski definition) is 1. The molecule has 1 aliphatic carbocycles. The molecule has 1 amide bonds. The van der Waals surface area contributed by atoms with Crippen LogP contribution in [0.15, 0.2) is 30.3 Å². The summed E-state index contributed by atoms with van der Waals surface area (Å²) in [5.41, 5.74) is -0.00542. The lowest BCUT2D eigenvalue weighted by Gasteiger charge is -2.27. The average molecular weight is 413 g/mol. The second kappa shape index (κ2) is 7.14. The third-order valence-electron chi connectivity index (χ3n) is 4.66. The van der Waals surface area contributed by atoms with E-state index in [1.54, 1.807) is 31.3 Å². The van der Waals surface area contributed by atoms with Crippen LogP contribution in [0.2, 0.25) is 5.02 Å². The van der Waals surface area contributed by atoms with Gasteiger partial charge in [-0.2, -0.15) is 13.2 Å². The van der Waals surface area contributed by atoms with E-state index in [0.717, 1.165) is 6.07 Å². The highest BCUT2D eigenvalue weighted by atomic mass is 35.5. The fourth-order valence-electron chi connectivity index (χ4n) is 3.49. The average Bonchev–Trinajstić information content (AvgIpc) is 3.31. The van der Waals surface area contributed by atoms with Gasteiger partial charge in [-0.25, -0.2) is 0 Å². The Morgan fingerprint density at radius 3 is 2.21 bits per heavy atom. The van der Waals surface area contributed by atoms with Crippen LogP contribution < -0.4 is 0 Å². The molecule has 1 saturated carbocycles. The Balaban J connectivity index is 2.18. The molecule has 1 fully saturated rings. The van der Waals surface area contributed by atoms with Crippen molar-refractivity contribution in [3.05, 3.63) is 46.7 Å². The van der Waals surface area contributed by atoms with Gasteiger partial charge in [0.25, 0.3) is 5.91 Å². The first-order chi connectivity index (χ1) is 12.9. The highest BCUT2D eigenvalue weighted by molar-refractivity contribution is 6.30. The first-order valence-electron chi connectivity index (χ1n) is 9.22. The molecule has 2 aromatic rings. The smallest absolute Gasteiger partial charge is 0.340 e. The van der Waals surface area contributed by atoms with Crippen LogP contribution in [0.5, 0.6) is 0 Å². The molecule has 0 atom stereocenters. The summed E-state index contributed by atoms with van der Waals surface area (Å²) in [5, 5.41) is 0.485. The Hall–Kier alpha value is -1.95. The molecule has 3 nitrogen and oxygen atoms in total. The van der Waals surface area contributed by atoms with E-state index in [1.807, 2.05) is 20.8 Å². The molecule has 1 aromatic carbocycles. The summed E-state index contributed by atoms with van der Waals surface area (Å²) in [5.74, 6) is -0.401. The zero-order chi connectivity index (χ0) is 20.9. The molecule has 1 heterocycles. The van der Waals surface area contributed by atoms with Crippen LogP contribution in [0.3, 0.4) is 0 Å². The fraction of sp³-hybridized carbons (Fsp3) is 0.476. The summed E-state index contributed by atoms with van der Waals surface area (Å²) in [6, 6.07) is 7.34. The van der Waals surface area contributed by atoms with E-state index in [4.69, 9.17) is 11.6 Å². The van der Waals surface area contributed by atoms with E-state index in [-0.39, 0.29) is 17.2 Å². The number of rotatable bonds is 4. The second-order valence-corrected chi connectivity index (χ2v) is 9.06. The molecule has 7 heteroatoms. The molecule has 0 saturated heterocycles. The maximum Gasteiger partial charge on any atom is 0.431 e. The van der Waals surface area contributed by atoms with Crippen molar-refractivity contribution in [2.24, 2.45) is 5.41 Å². The maximum absolute atomic E-state index is 13.8. The van der Waals surface area contributed by atoms with Crippen LogP contribution in [0.25, 0.3) is 11.1 Å². The monoisotopic (exact) mass is 412 g/mol. The van der Waals surface area contributed by atoms with Crippen LogP contribution >= 0.6 is 11.6 Å². The molecule has 0 unspecified atom stereocenters. The molecule has 28 heavy (non-hydrogen) atoms. The van der Waals surface area contributed by atoms with Crippen LogP contribution in [0.4, 0.5) is 13.2 Å². The molecule has 0 bridgehead atoms. The Labute approximate surface area is 168 Å². The zero-order valence-electron chi connectivity index (χ0n) is 16.4. The molecule has 0 radical (unpaired) electrons. The number of carbonyl (C=O) groups is 1. The number of alkyl halides is 3. The van der Waals surface area contributed by atoms with E-state index < -0.39 is 17.8 Å². The largest absolute Gasteiger partial charge is 0.431 e. The Bertz CT molecular complexity index is 875. The summed E-state index contributed by atoms with van der Waals surface area (Å²) < 4.78 is 42.5. The van der Waals surface area contributed by atoms with Gasteiger partial charge in [0.15, 0.2) is 0 Å². The summed E-state index contributed by atoms with van der Waals surface area (Å²) >= 11 is 5.93. The molecule has 0 spiro atoms. The Kier molecular flexibility index (Phi) is 5.30. The number of amides is 1. The van der Waals surface area contributed by atoms with Gasteiger partial charge in [0, 0.05) is 30.2 Å². The first-order valence-corrected chi connectivity index (χ1v) is 9.60. The third kappa shape index (κ3) is 4.37. The molecule has 0 N–H and O–H groups in total. The van der Waals surface area contributed by atoms with Crippen molar-refractivity contribution in [3.8, 4) is 11.1 Å². The quantitative estimate of drug-likeness (QED) is 0.580. The van der Waals surface area contributed by atoms with E-state index >= 15 is 0 Å². The van der Waals surface area contributed by atoms with Crippen molar-refractivity contribution in [2.75, 3.05) is 13.6 Å². The van der Waals surface area contributed by atoms with Crippen LogP contribution in [-0.4, -0.2) is 29.0 Å². The minimum absolute atomic E-state index is 0.101. The van der Waals surface area contributed by atoms with E-state index in [1.165, 1.54) is 9.47 Å². The molecular formula is C21H24ClF3N2O. The molecule has 0 aliphatic heterocycles. The Morgan fingerprint density at radius 1 is 1.18 bits per heavy atom. The van der Waals surface area contributed by atoms with Crippen molar-refractivity contribution in [2.45, 2.75) is 45.8 Å². The topological polar surface area (TPSA) is 25.2 Å². The highest BCUT2D eigenvalue weighted by Gasteiger charge is 2.43. The highest BCUT2D eigenvalue weighted by Crippen LogP contribution is 2.45. The SMILES string of the molecule is CN(CC(C)(C)C)C(=O)c1c(-c2ccc(Cl)cc2)cc(C(F)(F)F)n1C1CC1. The lowest BCUT2D eigenvalue weighted by molar-refractivity contribution is -0.143. The van der Waals surface area contributed by atoms with E-state index in [9.17, 15) is 18.0 Å². The van der Waals surface area contributed by atoms with Gasteiger partial charge in [-0.1, -0.05) is 44.5 Å². The van der Waals surface area contributed by atoms with E-state index in [2.05, 4.69) is 0 Å². The van der Waals surface area contributed by atoms with Gasteiger partial charge in [0.2, 0.25) is 0 Å². The summed E-state index contributed by atoms with van der Waals surface area (Å²) in [4.78, 5) is 14.8. The van der Waals surface area contributed by atoms with Crippen molar-refractivity contribution < 1.29 is 18.0 Å².